The summed E-state index contributed by atoms with van der Waals surface area (Å²) in [5.41, 5.74) is 5.77. The number of rotatable bonds is 12. The first-order valence-electron chi connectivity index (χ1n) is 13.4. The number of carboxylic acids is 1. The van der Waals surface area contributed by atoms with Crippen molar-refractivity contribution < 1.29 is 23.1 Å². The van der Waals surface area contributed by atoms with E-state index >= 15 is 0 Å². The number of carbonyl (C=O) groups is 2. The van der Waals surface area contributed by atoms with Gasteiger partial charge in [-0.15, -0.1) is 0 Å². The van der Waals surface area contributed by atoms with Gasteiger partial charge in [0, 0.05) is 6.04 Å². The molecule has 2 fully saturated rings. The van der Waals surface area contributed by atoms with Crippen LogP contribution < -0.4 is 16.2 Å². The average Bonchev–Trinajstić information content (AvgIpc) is 2.77. The zero-order chi connectivity index (χ0) is 26.2. The van der Waals surface area contributed by atoms with Gasteiger partial charge < -0.3 is 16.2 Å². The van der Waals surface area contributed by atoms with Crippen molar-refractivity contribution in [1.82, 2.24) is 9.62 Å². The Balaban J connectivity index is 2.27. The van der Waals surface area contributed by atoms with E-state index < -0.39 is 34.2 Å². The van der Waals surface area contributed by atoms with Gasteiger partial charge in [-0.3, -0.25) is 9.59 Å². The van der Waals surface area contributed by atoms with Gasteiger partial charge >= 0.3 is 5.97 Å². The van der Waals surface area contributed by atoms with Crippen LogP contribution in [0.3, 0.4) is 0 Å². The van der Waals surface area contributed by atoms with E-state index in [-0.39, 0.29) is 23.8 Å². The van der Waals surface area contributed by atoms with Crippen LogP contribution in [0.4, 0.5) is 0 Å². The molecule has 2 aliphatic carbocycles. The van der Waals surface area contributed by atoms with Crippen LogP contribution in [0, 0.1) is 17.3 Å². The van der Waals surface area contributed by atoms with Crippen LogP contribution >= 0.6 is 0 Å². The summed E-state index contributed by atoms with van der Waals surface area (Å²) < 4.78 is 26.3. The second kappa shape index (κ2) is 13.4. The molecule has 0 aliphatic heterocycles. The molecule has 0 bridgehead atoms. The second-order valence-electron chi connectivity index (χ2n) is 11.7. The fraction of sp³-hybridized carbons (Fsp3) is 0.920. The summed E-state index contributed by atoms with van der Waals surface area (Å²) in [6, 6.07) is -2.57. The lowest BCUT2D eigenvalue weighted by atomic mass is 9.71. The number of unbranched alkanes of at least 4 members (excludes halogenated alkanes) is 1. The minimum atomic E-state index is -4.45. The van der Waals surface area contributed by atoms with Gasteiger partial charge in [-0.1, -0.05) is 52.9 Å². The van der Waals surface area contributed by atoms with E-state index in [2.05, 4.69) is 26.1 Å². The van der Waals surface area contributed by atoms with E-state index in [4.69, 9.17) is 10.9 Å². The molecule has 2 aliphatic rings. The molecule has 2 saturated carbocycles. The Morgan fingerprint density at radius 1 is 1.00 bits per heavy atom. The van der Waals surface area contributed by atoms with Crippen molar-refractivity contribution in [2.24, 2.45) is 28.1 Å². The van der Waals surface area contributed by atoms with E-state index in [1.165, 1.54) is 0 Å². The predicted octanol–water partition coefficient (Wildman–Crippen LogP) is 3.13. The van der Waals surface area contributed by atoms with E-state index in [0.29, 0.717) is 31.7 Å². The molecule has 0 spiro atoms. The number of nitrogens with one attached hydrogen (secondary N) is 1. The molecular weight excluding hydrogens is 468 g/mol. The predicted molar refractivity (Wildman–Crippen MR) is 138 cm³/mol. The van der Waals surface area contributed by atoms with Gasteiger partial charge in [0.2, 0.25) is 5.91 Å². The topological polar surface area (TPSA) is 156 Å². The van der Waals surface area contributed by atoms with Crippen molar-refractivity contribution in [3.05, 3.63) is 0 Å². The third kappa shape index (κ3) is 9.30. The van der Waals surface area contributed by atoms with Crippen LogP contribution in [0.25, 0.3) is 0 Å². The van der Waals surface area contributed by atoms with Gasteiger partial charge in [-0.25, -0.2) is 5.14 Å². The van der Waals surface area contributed by atoms with E-state index in [1.54, 1.807) is 0 Å². The highest BCUT2D eigenvalue weighted by atomic mass is 32.2. The van der Waals surface area contributed by atoms with Crippen molar-refractivity contribution >= 4 is 22.1 Å². The molecule has 35 heavy (non-hydrogen) atoms. The van der Waals surface area contributed by atoms with E-state index in [0.717, 1.165) is 62.1 Å². The lowest BCUT2D eigenvalue weighted by Crippen LogP contribution is -2.59. The van der Waals surface area contributed by atoms with Gasteiger partial charge in [0.15, 0.2) is 0 Å². The Hall–Kier alpha value is -1.23. The minimum absolute atomic E-state index is 0.0437. The summed E-state index contributed by atoms with van der Waals surface area (Å²) in [6.07, 6.45) is 10.0. The molecule has 1 amide bonds. The van der Waals surface area contributed by atoms with Crippen LogP contribution in [-0.4, -0.2) is 54.4 Å². The molecule has 204 valence electrons. The maximum absolute atomic E-state index is 13.6. The summed E-state index contributed by atoms with van der Waals surface area (Å²) in [7, 11) is -4.45. The molecule has 0 heterocycles. The first kappa shape index (κ1) is 30.0. The molecule has 2 rings (SSSR count). The molecule has 9 nitrogen and oxygen atoms in total. The fourth-order valence-corrected chi connectivity index (χ4v) is 6.97. The molecule has 0 unspecified atom stereocenters. The number of carboxylic acid groups (broad SMARTS) is 1. The Morgan fingerprint density at radius 2 is 1.60 bits per heavy atom. The number of hydrogen-bond donors (Lipinski definition) is 4. The number of amides is 1. The van der Waals surface area contributed by atoms with Gasteiger partial charge in [0.05, 0.1) is 0 Å². The van der Waals surface area contributed by atoms with Crippen LogP contribution in [0.2, 0.25) is 0 Å². The molecule has 0 aromatic rings. The highest BCUT2D eigenvalue weighted by molar-refractivity contribution is 7.86. The monoisotopic (exact) mass is 516 g/mol. The van der Waals surface area contributed by atoms with Crippen LogP contribution in [-0.2, 0) is 19.8 Å². The van der Waals surface area contributed by atoms with Crippen LogP contribution in [0.5, 0.6) is 0 Å². The molecular formula is C25H48N4O5S. The first-order valence-corrected chi connectivity index (χ1v) is 14.9. The zero-order valence-corrected chi connectivity index (χ0v) is 22.7. The summed E-state index contributed by atoms with van der Waals surface area (Å²) in [4.78, 5) is 25.8. The first-order chi connectivity index (χ1) is 16.3. The molecule has 0 aromatic heterocycles. The second-order valence-corrected chi connectivity index (χ2v) is 13.1. The Bertz CT molecular complexity index is 784. The third-order valence-electron chi connectivity index (χ3n) is 8.01. The maximum atomic E-state index is 13.6. The highest BCUT2D eigenvalue weighted by Crippen LogP contribution is 2.38. The van der Waals surface area contributed by atoms with Gasteiger partial charge in [0.1, 0.15) is 12.1 Å². The molecule has 0 aromatic carbocycles. The summed E-state index contributed by atoms with van der Waals surface area (Å²) >= 11 is 0. The van der Waals surface area contributed by atoms with Crippen molar-refractivity contribution in [1.29, 1.82) is 0 Å². The summed E-state index contributed by atoms with van der Waals surface area (Å²) in [5, 5.41) is 18.6. The SMILES string of the molecule is CC(C)(C)C1CCC(NC(=O)[C@H](CC2CCCCC2)N([C@@H](CCCCN)C(=O)O)S(N)(=O)=O)CC1. The van der Waals surface area contributed by atoms with Crippen molar-refractivity contribution in [3.8, 4) is 0 Å². The normalized spacial score (nSPS) is 24.2. The van der Waals surface area contributed by atoms with Crippen LogP contribution in [0.15, 0.2) is 0 Å². The average molecular weight is 517 g/mol. The Labute approximate surface area is 211 Å². The van der Waals surface area contributed by atoms with E-state index in [9.17, 15) is 23.1 Å². The minimum Gasteiger partial charge on any atom is -0.480 e. The van der Waals surface area contributed by atoms with Crippen LogP contribution in [0.1, 0.15) is 104 Å². The number of nitrogens with zero attached hydrogens (tertiary/aromatic N) is 1. The molecule has 10 heteroatoms. The zero-order valence-electron chi connectivity index (χ0n) is 21.9. The number of aliphatic carboxylic acids is 1. The largest absolute Gasteiger partial charge is 0.480 e. The van der Waals surface area contributed by atoms with E-state index in [1.807, 2.05) is 0 Å². The summed E-state index contributed by atoms with van der Waals surface area (Å²) in [5.74, 6) is -0.968. The molecule has 2 atom stereocenters. The number of carbonyl (C=O) groups excluding carboxylic acids is 1. The number of hydrogen-bond acceptors (Lipinski definition) is 5. The van der Waals surface area contributed by atoms with Gasteiger partial charge in [0.25, 0.3) is 10.2 Å². The molecule has 0 radical (unpaired) electrons. The molecule has 0 saturated heterocycles. The van der Waals surface area contributed by atoms with Crippen molar-refractivity contribution in [3.63, 3.8) is 0 Å². The van der Waals surface area contributed by atoms with Crippen molar-refractivity contribution in [2.75, 3.05) is 6.54 Å². The maximum Gasteiger partial charge on any atom is 0.322 e. The fourth-order valence-electron chi connectivity index (χ4n) is 5.88. The van der Waals surface area contributed by atoms with Gasteiger partial charge in [-0.05, 0) is 75.2 Å². The Morgan fingerprint density at radius 3 is 2.09 bits per heavy atom. The molecule has 6 N–H and O–H groups in total. The lowest BCUT2D eigenvalue weighted by Gasteiger charge is -2.39. The number of nitrogens with two attached hydrogens (primary N) is 2. The standard InChI is InChI=1S/C25H48N4O5S/c1-25(2,3)19-12-14-20(15-13-19)28-23(30)22(17-18-9-5-4-6-10-18)29(35(27,33)34)21(24(31)32)11-7-8-16-26/h18-22H,4-17,26H2,1-3H3,(H,28,30)(H,31,32)(H2,27,33,34)/t19?,20?,21-,22-/m0/s1. The Kier molecular flexibility index (Phi) is 11.4. The summed E-state index contributed by atoms with van der Waals surface area (Å²) in [6.45, 7) is 7.08. The quantitative estimate of drug-likeness (QED) is 0.292. The lowest BCUT2D eigenvalue weighted by molar-refractivity contribution is -0.143. The van der Waals surface area contributed by atoms with Gasteiger partial charge in [-0.2, -0.15) is 12.7 Å². The highest BCUT2D eigenvalue weighted by Gasteiger charge is 2.43. The smallest absolute Gasteiger partial charge is 0.322 e. The van der Waals surface area contributed by atoms with Crippen molar-refractivity contribution in [2.45, 2.75) is 122 Å². The third-order valence-corrected chi connectivity index (χ3v) is 9.10.